The molecule has 9 rings (SSSR count). The van der Waals surface area contributed by atoms with Crippen molar-refractivity contribution in [3.8, 4) is 33.6 Å². The summed E-state index contributed by atoms with van der Waals surface area (Å²) in [6.45, 7) is 4.85. The fraction of sp³-hybridized carbons (Fsp3) is 0.282. The molecule has 4 aliphatic carbocycles. The normalized spacial score (nSPS) is 20.9. The fourth-order valence-corrected chi connectivity index (χ4v) is 7.83. The SMILES string of the molecule is CC1(C)c2c(-c3ccccn3)[c-]ccc2-c2cccc(C34CCC(CC3)CC4)c21.[Ir].[c-]1ccccc1-c1ccccn1. The second kappa shape index (κ2) is 11.7. The van der Waals surface area contributed by atoms with E-state index in [9.17, 15) is 0 Å². The maximum Gasteiger partial charge on any atom is 0.0160 e. The van der Waals surface area contributed by atoms with Crippen LogP contribution >= 0.6 is 0 Å². The van der Waals surface area contributed by atoms with Crippen LogP contribution in [0.25, 0.3) is 33.6 Å². The van der Waals surface area contributed by atoms with E-state index in [1.165, 1.54) is 60.8 Å². The van der Waals surface area contributed by atoms with Crippen molar-refractivity contribution in [3.63, 3.8) is 0 Å². The molecule has 0 aliphatic heterocycles. The largest absolute Gasteiger partial charge is 0.305 e. The molecule has 2 aromatic heterocycles. The standard InChI is InChI=1S/C28H28N.C11H8N.Ir/c1-27(2)25-20(7-5-9-22(25)24-11-3-4-18-29-24)21-8-6-10-23(26(21)27)28-15-12-19(13-16-28)14-17-28;1-2-6-10(7-3-1)11-8-4-5-9-12-11;/h3-8,10-11,18-19H,12-17H2,1-2H3;1-6,8-9H;/q2*-1;. The molecule has 0 amide bonds. The number of hydrogen-bond acceptors (Lipinski definition) is 2. The van der Waals surface area contributed by atoms with Crippen LogP contribution in [0.15, 0.2) is 103 Å². The van der Waals surface area contributed by atoms with Gasteiger partial charge >= 0.3 is 0 Å². The summed E-state index contributed by atoms with van der Waals surface area (Å²) >= 11 is 0. The first-order valence-electron chi connectivity index (χ1n) is 15.1. The molecule has 3 saturated carbocycles. The van der Waals surface area contributed by atoms with Crippen LogP contribution in [0.3, 0.4) is 0 Å². The van der Waals surface area contributed by atoms with Gasteiger partial charge in [0.05, 0.1) is 0 Å². The predicted octanol–water partition coefficient (Wildman–Crippen LogP) is 9.62. The molecule has 3 heteroatoms. The molecule has 0 N–H and O–H groups in total. The Morgan fingerprint density at radius 3 is 1.95 bits per heavy atom. The van der Waals surface area contributed by atoms with Crippen molar-refractivity contribution in [1.82, 2.24) is 9.97 Å². The summed E-state index contributed by atoms with van der Waals surface area (Å²) in [6.07, 6.45) is 12.1. The van der Waals surface area contributed by atoms with Gasteiger partial charge in [-0.15, -0.1) is 65.2 Å². The minimum absolute atomic E-state index is 0. The Balaban J connectivity index is 0.000000205. The molecule has 0 spiro atoms. The van der Waals surface area contributed by atoms with E-state index < -0.39 is 0 Å². The molecule has 0 saturated heterocycles. The van der Waals surface area contributed by atoms with Crippen molar-refractivity contribution in [2.75, 3.05) is 0 Å². The number of aromatic nitrogens is 2. The van der Waals surface area contributed by atoms with Crippen molar-refractivity contribution in [1.29, 1.82) is 0 Å². The number of rotatable bonds is 3. The van der Waals surface area contributed by atoms with Gasteiger partial charge in [-0.2, -0.15) is 0 Å². The molecule has 3 aromatic carbocycles. The average Bonchev–Trinajstić information content (AvgIpc) is 3.30. The van der Waals surface area contributed by atoms with E-state index in [0.717, 1.165) is 22.9 Å². The summed E-state index contributed by atoms with van der Waals surface area (Å²) in [4.78, 5) is 8.89. The molecule has 1 radical (unpaired) electrons. The molecule has 2 bridgehead atoms. The Bertz CT molecular complexity index is 1600. The molecule has 4 aliphatic rings. The van der Waals surface area contributed by atoms with E-state index in [2.05, 4.69) is 78.4 Å². The molecule has 5 aromatic rings. The van der Waals surface area contributed by atoms with Crippen LogP contribution in [-0.2, 0) is 30.9 Å². The fourth-order valence-electron chi connectivity index (χ4n) is 7.83. The Morgan fingerprint density at radius 1 is 0.643 bits per heavy atom. The first kappa shape index (κ1) is 28.7. The topological polar surface area (TPSA) is 25.8 Å². The monoisotopic (exact) mass is 725 g/mol. The van der Waals surface area contributed by atoms with Crippen LogP contribution in [-0.4, -0.2) is 9.97 Å². The van der Waals surface area contributed by atoms with Crippen molar-refractivity contribution in [2.24, 2.45) is 5.92 Å². The van der Waals surface area contributed by atoms with Crippen LogP contribution in [0.2, 0.25) is 0 Å². The molecule has 213 valence electrons. The van der Waals surface area contributed by atoms with Gasteiger partial charge in [-0.1, -0.05) is 61.9 Å². The second-order valence-corrected chi connectivity index (χ2v) is 12.5. The zero-order chi connectivity index (χ0) is 27.9. The van der Waals surface area contributed by atoms with Gasteiger partial charge in [0.1, 0.15) is 0 Å². The minimum atomic E-state index is -0.0328. The zero-order valence-electron chi connectivity index (χ0n) is 24.4. The first-order valence-corrected chi connectivity index (χ1v) is 15.1. The van der Waals surface area contributed by atoms with Crippen LogP contribution in [0, 0.1) is 18.1 Å². The number of fused-ring (bicyclic) bond motifs is 6. The number of hydrogen-bond donors (Lipinski definition) is 0. The van der Waals surface area contributed by atoms with Gasteiger partial charge in [0.15, 0.2) is 0 Å². The van der Waals surface area contributed by atoms with Gasteiger partial charge in [-0.25, -0.2) is 0 Å². The van der Waals surface area contributed by atoms with E-state index in [-0.39, 0.29) is 25.5 Å². The summed E-state index contributed by atoms with van der Waals surface area (Å²) in [5.74, 6) is 0.990. The van der Waals surface area contributed by atoms with E-state index >= 15 is 0 Å². The third kappa shape index (κ3) is 4.97. The summed E-state index contributed by atoms with van der Waals surface area (Å²) in [5, 5.41) is 0. The Kier molecular flexibility index (Phi) is 8.01. The van der Waals surface area contributed by atoms with E-state index in [1.807, 2.05) is 54.7 Å². The van der Waals surface area contributed by atoms with Crippen molar-refractivity contribution >= 4 is 0 Å². The third-order valence-electron chi connectivity index (χ3n) is 9.84. The van der Waals surface area contributed by atoms with Gasteiger partial charge in [0.25, 0.3) is 0 Å². The maximum absolute atomic E-state index is 4.67. The van der Waals surface area contributed by atoms with Gasteiger partial charge < -0.3 is 9.97 Å². The van der Waals surface area contributed by atoms with E-state index in [1.54, 1.807) is 17.3 Å². The van der Waals surface area contributed by atoms with Crippen LogP contribution in [0.5, 0.6) is 0 Å². The van der Waals surface area contributed by atoms with Crippen molar-refractivity contribution in [3.05, 3.63) is 132 Å². The summed E-state index contributed by atoms with van der Waals surface area (Å²) in [5.41, 5.74) is 12.0. The third-order valence-corrected chi connectivity index (χ3v) is 9.84. The van der Waals surface area contributed by atoms with E-state index in [4.69, 9.17) is 0 Å². The minimum Gasteiger partial charge on any atom is -0.305 e. The molecular weight excluding hydrogens is 689 g/mol. The quantitative estimate of drug-likeness (QED) is 0.173. The number of nitrogens with zero attached hydrogens (tertiary/aromatic N) is 2. The second-order valence-electron chi connectivity index (χ2n) is 12.5. The number of pyridine rings is 2. The van der Waals surface area contributed by atoms with Crippen LogP contribution < -0.4 is 0 Å². The molecule has 2 nitrogen and oxygen atoms in total. The average molecular weight is 725 g/mol. The summed E-state index contributed by atoms with van der Waals surface area (Å²) in [7, 11) is 0. The van der Waals surface area contributed by atoms with Crippen molar-refractivity contribution in [2.45, 2.75) is 63.2 Å². The molecule has 42 heavy (non-hydrogen) atoms. The molecule has 3 fully saturated rings. The molecule has 0 atom stereocenters. The van der Waals surface area contributed by atoms with Crippen molar-refractivity contribution < 1.29 is 20.1 Å². The van der Waals surface area contributed by atoms with Gasteiger partial charge in [0.2, 0.25) is 0 Å². The van der Waals surface area contributed by atoms with Gasteiger partial charge in [-0.3, -0.25) is 0 Å². The maximum atomic E-state index is 4.67. The van der Waals surface area contributed by atoms with Crippen LogP contribution in [0.1, 0.15) is 69.1 Å². The van der Waals surface area contributed by atoms with E-state index in [0.29, 0.717) is 5.41 Å². The van der Waals surface area contributed by atoms with Gasteiger partial charge in [0, 0.05) is 32.5 Å². The first-order chi connectivity index (χ1) is 20.1. The Labute approximate surface area is 264 Å². The predicted molar refractivity (Wildman–Crippen MR) is 167 cm³/mol. The zero-order valence-corrected chi connectivity index (χ0v) is 26.8. The molecule has 2 heterocycles. The van der Waals surface area contributed by atoms with Gasteiger partial charge in [-0.05, 0) is 95.5 Å². The number of benzene rings is 3. The summed E-state index contributed by atoms with van der Waals surface area (Å²) in [6, 6.07) is 38.0. The Hall–Kier alpha value is -3.39. The summed E-state index contributed by atoms with van der Waals surface area (Å²) < 4.78 is 0. The molecular formula is C39H36IrN2-2. The molecule has 0 unspecified atom stereocenters. The smallest absolute Gasteiger partial charge is 0.0160 e. The Morgan fingerprint density at radius 2 is 1.31 bits per heavy atom. The van der Waals surface area contributed by atoms with Crippen LogP contribution in [0.4, 0.5) is 0 Å².